The Morgan fingerprint density at radius 1 is 1.43 bits per heavy atom. The van der Waals surface area contributed by atoms with Crippen LogP contribution in [0.5, 0.6) is 5.75 Å². The number of hydrogen-bond acceptors (Lipinski definition) is 3. The highest BCUT2D eigenvalue weighted by Gasteiger charge is 2.29. The summed E-state index contributed by atoms with van der Waals surface area (Å²) in [6.07, 6.45) is 2.69. The number of rotatable bonds is 4. The maximum atomic E-state index is 14.2. The lowest BCUT2D eigenvalue weighted by Crippen LogP contribution is -2.48. The summed E-state index contributed by atoms with van der Waals surface area (Å²) in [7, 11) is 2.83. The van der Waals surface area contributed by atoms with E-state index in [0.29, 0.717) is 5.56 Å². The van der Waals surface area contributed by atoms with Gasteiger partial charge in [0.05, 0.1) is 13.2 Å². The molecule has 1 aromatic carbocycles. The number of amides is 1. The van der Waals surface area contributed by atoms with Crippen LogP contribution >= 0.6 is 0 Å². The van der Waals surface area contributed by atoms with Gasteiger partial charge in [0.1, 0.15) is 0 Å². The lowest BCUT2D eigenvalue weighted by Gasteiger charge is -2.34. The maximum Gasteiger partial charge on any atom is 0.237 e. The van der Waals surface area contributed by atoms with E-state index in [4.69, 9.17) is 4.74 Å². The number of piperidine rings is 1. The van der Waals surface area contributed by atoms with Gasteiger partial charge in [-0.05, 0) is 25.5 Å². The van der Waals surface area contributed by atoms with E-state index in [1.165, 1.54) is 19.2 Å². The Balaban J connectivity index is 2.21. The molecule has 1 heterocycles. The third-order valence-electron chi connectivity index (χ3n) is 3.87. The number of likely N-dealkylation sites (tertiary alicyclic amines) is 1. The summed E-state index contributed by atoms with van der Waals surface area (Å²) in [5.74, 6) is -1.86. The van der Waals surface area contributed by atoms with E-state index < -0.39 is 11.6 Å². The topological polar surface area (TPSA) is 41.6 Å². The molecule has 1 atom stereocenters. The standard InChI is InChI=1S/C15H20F2N2O2/c1-18-15(20)12-5-3-4-8-19(12)9-10-6-7-11(16)14(21-2)13(10)17/h6-7,12H,3-5,8-9H2,1-2H3,(H,18,20)/t12-/m0/s1. The van der Waals surface area contributed by atoms with Gasteiger partial charge in [-0.1, -0.05) is 12.5 Å². The first-order valence-corrected chi connectivity index (χ1v) is 7.05. The van der Waals surface area contributed by atoms with Crippen molar-refractivity contribution in [3.8, 4) is 5.75 Å². The highest BCUT2D eigenvalue weighted by atomic mass is 19.1. The van der Waals surface area contributed by atoms with Crippen LogP contribution in [0.3, 0.4) is 0 Å². The first-order valence-electron chi connectivity index (χ1n) is 7.05. The fraction of sp³-hybridized carbons (Fsp3) is 0.533. The van der Waals surface area contributed by atoms with Crippen LogP contribution in [0, 0.1) is 11.6 Å². The number of halogens is 2. The summed E-state index contributed by atoms with van der Waals surface area (Å²) in [6, 6.07) is 2.33. The van der Waals surface area contributed by atoms with Gasteiger partial charge in [-0.25, -0.2) is 8.78 Å². The van der Waals surface area contributed by atoms with Crippen LogP contribution in [0.4, 0.5) is 8.78 Å². The van der Waals surface area contributed by atoms with Gasteiger partial charge >= 0.3 is 0 Å². The molecule has 1 amide bonds. The van der Waals surface area contributed by atoms with Gasteiger partial charge in [-0.15, -0.1) is 0 Å². The van der Waals surface area contributed by atoms with Crippen molar-refractivity contribution >= 4 is 5.91 Å². The Bertz CT molecular complexity index is 523. The molecular weight excluding hydrogens is 278 g/mol. The summed E-state index contributed by atoms with van der Waals surface area (Å²) >= 11 is 0. The maximum absolute atomic E-state index is 14.2. The Morgan fingerprint density at radius 3 is 2.86 bits per heavy atom. The van der Waals surface area contributed by atoms with Crippen molar-refractivity contribution in [2.24, 2.45) is 0 Å². The van der Waals surface area contributed by atoms with Crippen LogP contribution in [0.15, 0.2) is 12.1 Å². The third kappa shape index (κ3) is 3.32. The Hall–Kier alpha value is -1.69. The number of carbonyl (C=O) groups excluding carboxylic acids is 1. The molecule has 21 heavy (non-hydrogen) atoms. The van der Waals surface area contributed by atoms with E-state index in [9.17, 15) is 13.6 Å². The summed E-state index contributed by atoms with van der Waals surface area (Å²) in [6.45, 7) is 0.984. The van der Waals surface area contributed by atoms with E-state index in [-0.39, 0.29) is 24.2 Å². The van der Waals surface area contributed by atoms with Crippen LogP contribution in [0.1, 0.15) is 24.8 Å². The van der Waals surface area contributed by atoms with Gasteiger partial charge in [-0.3, -0.25) is 9.69 Å². The number of benzene rings is 1. The van der Waals surface area contributed by atoms with E-state index in [2.05, 4.69) is 5.32 Å². The van der Waals surface area contributed by atoms with Crippen LogP contribution in [0.25, 0.3) is 0 Å². The SMILES string of the molecule is CNC(=O)[C@@H]1CCCCN1Cc1ccc(F)c(OC)c1F. The van der Waals surface area contributed by atoms with Gasteiger partial charge in [0.15, 0.2) is 17.4 Å². The number of ether oxygens (including phenoxy) is 1. The molecule has 1 saturated heterocycles. The molecule has 1 aliphatic rings. The molecule has 0 saturated carbocycles. The number of nitrogens with one attached hydrogen (secondary N) is 1. The van der Waals surface area contributed by atoms with Crippen molar-refractivity contribution in [2.75, 3.05) is 20.7 Å². The second-order valence-electron chi connectivity index (χ2n) is 5.15. The first kappa shape index (κ1) is 15.7. The van der Waals surface area contributed by atoms with E-state index in [1.807, 2.05) is 4.90 Å². The zero-order valence-corrected chi connectivity index (χ0v) is 12.3. The molecule has 0 aromatic heterocycles. The molecule has 0 unspecified atom stereocenters. The Labute approximate surface area is 123 Å². The van der Waals surface area contributed by atoms with Crippen LogP contribution < -0.4 is 10.1 Å². The monoisotopic (exact) mass is 298 g/mol. The summed E-state index contributed by atoms with van der Waals surface area (Å²) in [5.41, 5.74) is 0.337. The lowest BCUT2D eigenvalue weighted by molar-refractivity contribution is -0.127. The van der Waals surface area contributed by atoms with Gasteiger partial charge < -0.3 is 10.1 Å². The van der Waals surface area contributed by atoms with E-state index in [1.54, 1.807) is 7.05 Å². The molecule has 1 aromatic rings. The van der Waals surface area contributed by atoms with Crippen LogP contribution in [0.2, 0.25) is 0 Å². The van der Waals surface area contributed by atoms with Gasteiger partial charge in [0.2, 0.25) is 5.91 Å². The molecule has 116 valence electrons. The molecule has 4 nitrogen and oxygen atoms in total. The highest BCUT2D eigenvalue weighted by molar-refractivity contribution is 5.81. The fourth-order valence-electron chi connectivity index (χ4n) is 2.75. The molecule has 0 aliphatic carbocycles. The van der Waals surface area contributed by atoms with Gasteiger partial charge in [0.25, 0.3) is 0 Å². The quantitative estimate of drug-likeness (QED) is 0.925. The smallest absolute Gasteiger partial charge is 0.237 e. The van der Waals surface area contributed by atoms with Crippen LogP contribution in [-0.2, 0) is 11.3 Å². The minimum atomic E-state index is -0.722. The van der Waals surface area contributed by atoms with E-state index in [0.717, 1.165) is 25.8 Å². The van der Waals surface area contributed by atoms with Gasteiger partial charge in [0, 0.05) is 19.2 Å². The van der Waals surface area contributed by atoms with Crippen molar-refractivity contribution in [1.82, 2.24) is 10.2 Å². The molecule has 1 fully saturated rings. The average molecular weight is 298 g/mol. The number of hydrogen-bond donors (Lipinski definition) is 1. The fourth-order valence-corrected chi connectivity index (χ4v) is 2.75. The normalized spacial score (nSPS) is 19.3. The molecule has 0 spiro atoms. The summed E-state index contributed by atoms with van der Waals surface area (Å²) < 4.78 is 32.4. The molecule has 1 aliphatic heterocycles. The molecule has 1 N–H and O–H groups in total. The number of nitrogens with zero attached hydrogens (tertiary/aromatic N) is 1. The minimum absolute atomic E-state index is 0.0656. The number of carbonyl (C=O) groups is 1. The second kappa shape index (κ2) is 6.85. The summed E-state index contributed by atoms with van der Waals surface area (Å²) in [4.78, 5) is 13.8. The molecule has 2 rings (SSSR count). The van der Waals surface area contributed by atoms with Crippen molar-refractivity contribution in [2.45, 2.75) is 31.8 Å². The molecule has 0 bridgehead atoms. The van der Waals surface area contributed by atoms with Crippen molar-refractivity contribution in [3.63, 3.8) is 0 Å². The highest BCUT2D eigenvalue weighted by Crippen LogP contribution is 2.27. The third-order valence-corrected chi connectivity index (χ3v) is 3.87. The van der Waals surface area contributed by atoms with Gasteiger partial charge in [-0.2, -0.15) is 0 Å². The second-order valence-corrected chi connectivity index (χ2v) is 5.15. The lowest BCUT2D eigenvalue weighted by atomic mass is 10.00. The molecule has 6 heteroatoms. The minimum Gasteiger partial charge on any atom is -0.491 e. The van der Waals surface area contributed by atoms with Crippen molar-refractivity contribution in [1.29, 1.82) is 0 Å². The Kier molecular flexibility index (Phi) is 5.12. The first-order chi connectivity index (χ1) is 10.1. The predicted molar refractivity (Wildman–Crippen MR) is 75.0 cm³/mol. The number of likely N-dealkylation sites (N-methyl/N-ethyl adjacent to an activating group) is 1. The largest absolute Gasteiger partial charge is 0.491 e. The molecular formula is C15H20F2N2O2. The zero-order valence-electron chi connectivity index (χ0n) is 12.3. The molecule has 0 radical (unpaired) electrons. The zero-order chi connectivity index (χ0) is 15.4. The van der Waals surface area contributed by atoms with Crippen LogP contribution in [-0.4, -0.2) is 37.6 Å². The summed E-state index contributed by atoms with van der Waals surface area (Å²) in [5, 5.41) is 2.64. The predicted octanol–water partition coefficient (Wildman–Crippen LogP) is 2.07. The van der Waals surface area contributed by atoms with E-state index >= 15 is 0 Å². The number of methoxy groups -OCH3 is 1. The van der Waals surface area contributed by atoms with Crippen molar-refractivity contribution < 1.29 is 18.3 Å². The average Bonchev–Trinajstić information content (AvgIpc) is 2.50. The Morgan fingerprint density at radius 2 is 2.19 bits per heavy atom. The van der Waals surface area contributed by atoms with Crippen molar-refractivity contribution in [3.05, 3.63) is 29.3 Å².